The number of hydrogen-bond donors (Lipinski definition) is 2. The van der Waals surface area contributed by atoms with Crippen molar-refractivity contribution in [2.45, 2.75) is 13.0 Å². The van der Waals surface area contributed by atoms with E-state index in [4.69, 9.17) is 5.11 Å². The lowest BCUT2D eigenvalue weighted by molar-refractivity contribution is -0.138. The van der Waals surface area contributed by atoms with E-state index in [2.05, 4.69) is 21.2 Å². The zero-order valence-corrected chi connectivity index (χ0v) is 11.8. The lowest BCUT2D eigenvalue weighted by Crippen LogP contribution is -2.38. The molecule has 0 aliphatic rings. The Balaban J connectivity index is 2.28. The van der Waals surface area contributed by atoms with Crippen LogP contribution >= 0.6 is 15.9 Å². The number of amides is 1. The molecule has 2 aromatic rings. The lowest BCUT2D eigenvalue weighted by Gasteiger charge is -2.09. The maximum Gasteiger partial charge on any atom is 0.325 e. The Labute approximate surface area is 118 Å². The number of carbonyl (C=O) groups excluding carboxylic acids is 1. The van der Waals surface area contributed by atoms with Gasteiger partial charge in [0.05, 0.1) is 0 Å². The van der Waals surface area contributed by atoms with Gasteiger partial charge in [-0.05, 0) is 42.0 Å². The molecule has 0 aliphatic carbocycles. The molecule has 1 unspecified atom stereocenters. The molecule has 0 saturated heterocycles. The summed E-state index contributed by atoms with van der Waals surface area (Å²) in [5.74, 6) is -1.45. The standard InChI is InChI=1S/C14H12BrNO3/c1-8(14(18)19)16-13(17)11-3-2-10-7-12(15)5-4-9(10)6-11/h2-8H,1H3,(H,16,17)(H,18,19). The minimum atomic E-state index is -1.06. The van der Waals surface area contributed by atoms with Gasteiger partial charge in [0.1, 0.15) is 6.04 Å². The van der Waals surface area contributed by atoms with E-state index in [1.54, 1.807) is 12.1 Å². The molecule has 2 N–H and O–H groups in total. The minimum Gasteiger partial charge on any atom is -0.480 e. The second-order valence-corrected chi connectivity index (χ2v) is 5.16. The third-order valence-corrected chi connectivity index (χ3v) is 3.28. The van der Waals surface area contributed by atoms with Crippen LogP contribution in [0.3, 0.4) is 0 Å². The van der Waals surface area contributed by atoms with Crippen LogP contribution in [0.4, 0.5) is 0 Å². The monoisotopic (exact) mass is 321 g/mol. The average molecular weight is 322 g/mol. The Morgan fingerprint density at radius 1 is 1.16 bits per heavy atom. The average Bonchev–Trinajstić information content (AvgIpc) is 2.37. The van der Waals surface area contributed by atoms with Crippen molar-refractivity contribution >= 4 is 38.6 Å². The number of halogens is 1. The Kier molecular flexibility index (Phi) is 3.85. The zero-order chi connectivity index (χ0) is 14.0. The Hall–Kier alpha value is -1.88. The summed E-state index contributed by atoms with van der Waals surface area (Å²) in [4.78, 5) is 22.6. The number of carbonyl (C=O) groups is 2. The van der Waals surface area contributed by atoms with Gasteiger partial charge in [0.2, 0.25) is 0 Å². The van der Waals surface area contributed by atoms with Crippen molar-refractivity contribution in [3.05, 3.63) is 46.4 Å². The van der Waals surface area contributed by atoms with E-state index in [1.807, 2.05) is 24.3 Å². The van der Waals surface area contributed by atoms with Gasteiger partial charge in [0.25, 0.3) is 5.91 Å². The molecule has 2 rings (SSSR count). The summed E-state index contributed by atoms with van der Waals surface area (Å²) in [6.07, 6.45) is 0. The van der Waals surface area contributed by atoms with E-state index in [1.165, 1.54) is 6.92 Å². The molecule has 98 valence electrons. The van der Waals surface area contributed by atoms with Crippen LogP contribution in [0.15, 0.2) is 40.9 Å². The van der Waals surface area contributed by atoms with E-state index in [-0.39, 0.29) is 5.91 Å². The van der Waals surface area contributed by atoms with Crippen molar-refractivity contribution in [2.75, 3.05) is 0 Å². The maximum atomic E-state index is 11.9. The summed E-state index contributed by atoms with van der Waals surface area (Å²) in [6, 6.07) is 10.1. The second kappa shape index (κ2) is 5.40. The molecule has 0 saturated carbocycles. The summed E-state index contributed by atoms with van der Waals surface area (Å²) >= 11 is 3.38. The van der Waals surface area contributed by atoms with Crippen LogP contribution in [-0.4, -0.2) is 23.0 Å². The molecule has 0 aliphatic heterocycles. The second-order valence-electron chi connectivity index (χ2n) is 4.24. The number of benzene rings is 2. The molecule has 0 aromatic heterocycles. The largest absolute Gasteiger partial charge is 0.480 e. The predicted octanol–water partition coefficient (Wildman–Crippen LogP) is 2.81. The van der Waals surface area contributed by atoms with Crippen molar-refractivity contribution in [3.63, 3.8) is 0 Å². The fourth-order valence-electron chi connectivity index (χ4n) is 1.70. The van der Waals surface area contributed by atoms with Gasteiger partial charge in [-0.3, -0.25) is 9.59 Å². The van der Waals surface area contributed by atoms with Crippen molar-refractivity contribution in [1.82, 2.24) is 5.32 Å². The van der Waals surface area contributed by atoms with Crippen LogP contribution in [0.5, 0.6) is 0 Å². The van der Waals surface area contributed by atoms with Crippen LogP contribution < -0.4 is 5.32 Å². The van der Waals surface area contributed by atoms with Gasteiger partial charge in [0, 0.05) is 10.0 Å². The van der Waals surface area contributed by atoms with Crippen LogP contribution in [0.1, 0.15) is 17.3 Å². The minimum absolute atomic E-state index is 0.389. The smallest absolute Gasteiger partial charge is 0.325 e. The third-order valence-electron chi connectivity index (χ3n) is 2.78. The van der Waals surface area contributed by atoms with Crippen LogP contribution in [0.2, 0.25) is 0 Å². The molecule has 4 nitrogen and oxygen atoms in total. The number of fused-ring (bicyclic) bond motifs is 1. The predicted molar refractivity (Wildman–Crippen MR) is 76.2 cm³/mol. The summed E-state index contributed by atoms with van der Waals surface area (Å²) < 4.78 is 0.969. The number of aliphatic carboxylic acids is 1. The van der Waals surface area contributed by atoms with Crippen molar-refractivity contribution in [3.8, 4) is 0 Å². The number of rotatable bonds is 3. The number of nitrogens with one attached hydrogen (secondary N) is 1. The summed E-state index contributed by atoms with van der Waals surface area (Å²) in [5.41, 5.74) is 0.447. The lowest BCUT2D eigenvalue weighted by atomic mass is 10.1. The van der Waals surface area contributed by atoms with Crippen molar-refractivity contribution in [2.24, 2.45) is 0 Å². The van der Waals surface area contributed by atoms with Crippen LogP contribution in [0, 0.1) is 0 Å². The molecule has 19 heavy (non-hydrogen) atoms. The van der Waals surface area contributed by atoms with Gasteiger partial charge in [-0.2, -0.15) is 0 Å². The van der Waals surface area contributed by atoms with Gasteiger partial charge in [-0.15, -0.1) is 0 Å². The first-order valence-corrected chi connectivity index (χ1v) is 6.49. The number of carboxylic acid groups (broad SMARTS) is 1. The molecule has 1 atom stereocenters. The Morgan fingerprint density at radius 2 is 1.79 bits per heavy atom. The van der Waals surface area contributed by atoms with Gasteiger partial charge < -0.3 is 10.4 Å². The zero-order valence-electron chi connectivity index (χ0n) is 10.2. The molecule has 0 spiro atoms. The summed E-state index contributed by atoms with van der Waals surface area (Å²) in [6.45, 7) is 1.43. The highest BCUT2D eigenvalue weighted by Gasteiger charge is 2.15. The van der Waals surface area contributed by atoms with Gasteiger partial charge in [-0.25, -0.2) is 0 Å². The van der Waals surface area contributed by atoms with E-state index in [9.17, 15) is 9.59 Å². The van der Waals surface area contributed by atoms with Crippen molar-refractivity contribution < 1.29 is 14.7 Å². The van der Waals surface area contributed by atoms with Gasteiger partial charge in [0.15, 0.2) is 0 Å². The van der Waals surface area contributed by atoms with Crippen molar-refractivity contribution in [1.29, 1.82) is 0 Å². The third kappa shape index (κ3) is 3.12. The highest BCUT2D eigenvalue weighted by atomic mass is 79.9. The van der Waals surface area contributed by atoms with E-state index in [0.29, 0.717) is 5.56 Å². The first-order chi connectivity index (χ1) is 8.97. The molecule has 2 aromatic carbocycles. The highest BCUT2D eigenvalue weighted by molar-refractivity contribution is 9.10. The first-order valence-electron chi connectivity index (χ1n) is 5.70. The molecular formula is C14H12BrNO3. The van der Waals surface area contributed by atoms with E-state index < -0.39 is 12.0 Å². The van der Waals surface area contributed by atoms with Crippen LogP contribution in [0.25, 0.3) is 10.8 Å². The highest BCUT2D eigenvalue weighted by Crippen LogP contribution is 2.21. The van der Waals surface area contributed by atoms with E-state index in [0.717, 1.165) is 15.2 Å². The fraction of sp³-hybridized carbons (Fsp3) is 0.143. The first kappa shape index (κ1) is 13.5. The molecule has 1 amide bonds. The SMILES string of the molecule is CC(NC(=O)c1ccc2cc(Br)ccc2c1)C(=O)O. The Bertz CT molecular complexity index is 654. The topological polar surface area (TPSA) is 66.4 Å². The molecular weight excluding hydrogens is 310 g/mol. The molecule has 0 radical (unpaired) electrons. The summed E-state index contributed by atoms with van der Waals surface area (Å²) in [7, 11) is 0. The number of carboxylic acids is 1. The fourth-order valence-corrected chi connectivity index (χ4v) is 2.08. The number of hydrogen-bond acceptors (Lipinski definition) is 2. The Morgan fingerprint density at radius 3 is 2.47 bits per heavy atom. The molecule has 0 bridgehead atoms. The van der Waals surface area contributed by atoms with E-state index >= 15 is 0 Å². The van der Waals surface area contributed by atoms with Crippen LogP contribution in [-0.2, 0) is 4.79 Å². The quantitative estimate of drug-likeness (QED) is 0.913. The maximum absolute atomic E-state index is 11.9. The normalized spacial score (nSPS) is 12.1. The molecule has 0 fully saturated rings. The molecule has 0 heterocycles. The van der Waals surface area contributed by atoms with Gasteiger partial charge >= 0.3 is 5.97 Å². The molecule has 5 heteroatoms. The summed E-state index contributed by atoms with van der Waals surface area (Å²) in [5, 5.41) is 13.1. The van der Waals surface area contributed by atoms with Gasteiger partial charge in [-0.1, -0.05) is 28.1 Å².